The number of rotatable bonds is 17. The summed E-state index contributed by atoms with van der Waals surface area (Å²) < 4.78 is 10.1. The van der Waals surface area contributed by atoms with E-state index in [9.17, 15) is 24.0 Å². The number of H-pyrrole nitrogens is 1. The molecule has 4 aromatic carbocycles. The second-order valence-corrected chi connectivity index (χ2v) is 14.0. The number of amides is 1. The molecule has 1 heterocycles. The van der Waals surface area contributed by atoms with Gasteiger partial charge in [0, 0.05) is 18.2 Å². The van der Waals surface area contributed by atoms with Gasteiger partial charge in [-0.2, -0.15) is 4.98 Å². The van der Waals surface area contributed by atoms with E-state index < -0.39 is 35.2 Å². The van der Waals surface area contributed by atoms with Crippen molar-refractivity contribution < 1.29 is 33.8 Å². The minimum Gasteiger partial charge on any atom is -0.477 e. The maximum atomic E-state index is 12.9. The maximum Gasteiger partial charge on any atom is 0.352 e. The summed E-state index contributed by atoms with van der Waals surface area (Å²) in [5.74, 6) is -3.29. The highest BCUT2D eigenvalue weighted by Gasteiger charge is 2.24. The van der Waals surface area contributed by atoms with Crippen LogP contribution in [0.1, 0.15) is 72.6 Å². The second-order valence-electron chi connectivity index (χ2n) is 14.0. The van der Waals surface area contributed by atoms with Crippen LogP contribution in [0, 0.1) is 11.8 Å². The highest BCUT2D eigenvalue weighted by atomic mass is 16.5. The highest BCUT2D eigenvalue weighted by Crippen LogP contribution is 2.22. The molecule has 12 nitrogen and oxygen atoms in total. The lowest BCUT2D eigenvalue weighted by Gasteiger charge is -2.22. The average molecular weight is 789 g/mol. The van der Waals surface area contributed by atoms with Crippen molar-refractivity contribution in [1.29, 1.82) is 0 Å². The van der Waals surface area contributed by atoms with E-state index in [4.69, 9.17) is 20.3 Å². The number of nitrogens with zero attached hydrogens (tertiary/aromatic N) is 1. The van der Waals surface area contributed by atoms with Crippen molar-refractivity contribution >= 4 is 23.8 Å². The number of nitrogens with two attached hydrogens (primary N) is 1. The summed E-state index contributed by atoms with van der Waals surface area (Å²) in [7, 11) is 0. The van der Waals surface area contributed by atoms with E-state index >= 15 is 0 Å². The molecule has 0 spiro atoms. The average Bonchev–Trinajstić information content (AvgIpc) is 3.22. The van der Waals surface area contributed by atoms with Gasteiger partial charge >= 0.3 is 23.6 Å². The summed E-state index contributed by atoms with van der Waals surface area (Å²) in [6.07, 6.45) is 2.08. The van der Waals surface area contributed by atoms with Crippen molar-refractivity contribution in [3.05, 3.63) is 148 Å². The van der Waals surface area contributed by atoms with Crippen molar-refractivity contribution in [1.82, 2.24) is 15.3 Å². The van der Waals surface area contributed by atoms with Crippen LogP contribution in [0.5, 0.6) is 0 Å². The number of carboxylic acids is 1. The van der Waals surface area contributed by atoms with Crippen LogP contribution < -0.4 is 16.7 Å². The molecule has 0 saturated carbocycles. The summed E-state index contributed by atoms with van der Waals surface area (Å²) in [6, 6.07) is 37.0. The molecule has 0 radical (unpaired) electrons. The van der Waals surface area contributed by atoms with Gasteiger partial charge in [0.15, 0.2) is 0 Å². The van der Waals surface area contributed by atoms with Gasteiger partial charge in [-0.05, 0) is 72.9 Å². The molecule has 304 valence electrons. The lowest BCUT2D eigenvalue weighted by molar-refractivity contribution is -0.148. The molecule has 0 fully saturated rings. The predicted octanol–water partition coefficient (Wildman–Crippen LogP) is 6.88. The molecule has 1 amide bonds. The van der Waals surface area contributed by atoms with Gasteiger partial charge in [-0.25, -0.2) is 9.59 Å². The summed E-state index contributed by atoms with van der Waals surface area (Å²) in [6.45, 7) is 7.78. The molecule has 12 heteroatoms. The zero-order valence-electron chi connectivity index (χ0n) is 33.4. The standard InChI is InChI=1S/C26H27N3O6.C20H25NO2/c1-3-35-25(33)16(2)13-20(27-23(30)21-15-22(24(31)32)29-26(34)28-21)14-17-9-11-19(12-10-17)18-7-5-4-6-8-18;1-3-23-20(22)15(2)13-19(21)14-16-9-11-18(12-10-16)17-7-5-4-6-8-17/h4-12,15-16,20H,3,13-14H2,1-2H3,(H,27,30)(H,31,32)(H,28,29,34);4-12,15,19H,3,13-14,21H2,1-2H3/t16-,20+;15-,19+/m11/s1. The number of benzene rings is 4. The molecule has 0 unspecified atom stereocenters. The molecule has 58 heavy (non-hydrogen) atoms. The SMILES string of the molecule is CCOC(=O)[C@H](C)C[C@@H](Cc1ccc(-c2ccccc2)cc1)NC(=O)c1cc(C(=O)O)[nH]c(=O)n1.CCOC(=O)[C@H](C)C[C@H](N)Cc1ccc(-c2ccccc2)cc1. The maximum absolute atomic E-state index is 12.9. The van der Waals surface area contributed by atoms with Crippen molar-refractivity contribution in [3.8, 4) is 22.3 Å². The van der Waals surface area contributed by atoms with Crippen molar-refractivity contribution in [3.63, 3.8) is 0 Å². The van der Waals surface area contributed by atoms with E-state index in [0.717, 1.165) is 29.2 Å². The Balaban J connectivity index is 0.000000280. The van der Waals surface area contributed by atoms with Crippen molar-refractivity contribution in [2.75, 3.05) is 13.2 Å². The molecule has 0 aliphatic rings. The van der Waals surface area contributed by atoms with Crippen LogP contribution in [0.15, 0.2) is 120 Å². The first-order valence-corrected chi connectivity index (χ1v) is 19.4. The molecule has 1 aromatic heterocycles. The largest absolute Gasteiger partial charge is 0.477 e. The van der Waals surface area contributed by atoms with E-state index in [2.05, 4.69) is 51.7 Å². The number of hydrogen-bond donors (Lipinski definition) is 4. The fourth-order valence-corrected chi connectivity index (χ4v) is 6.38. The molecule has 0 aliphatic carbocycles. The number of aromatic carboxylic acids is 1. The summed E-state index contributed by atoms with van der Waals surface area (Å²) in [5.41, 5.74) is 11.1. The lowest BCUT2D eigenvalue weighted by Crippen LogP contribution is -2.40. The number of ether oxygens (including phenoxy) is 2. The summed E-state index contributed by atoms with van der Waals surface area (Å²) in [5, 5.41) is 11.9. The number of hydrogen-bond acceptors (Lipinski definition) is 9. The number of aromatic nitrogens is 2. The van der Waals surface area contributed by atoms with Crippen LogP contribution in [0.25, 0.3) is 22.3 Å². The first-order chi connectivity index (χ1) is 27.9. The van der Waals surface area contributed by atoms with Crippen molar-refractivity contribution in [2.45, 2.75) is 65.5 Å². The Morgan fingerprint density at radius 1 is 0.690 bits per heavy atom. The number of aromatic amines is 1. The molecule has 5 aromatic rings. The predicted molar refractivity (Wildman–Crippen MR) is 223 cm³/mol. The molecule has 5 N–H and O–H groups in total. The number of nitrogens with one attached hydrogen (secondary N) is 2. The van der Waals surface area contributed by atoms with E-state index in [1.165, 1.54) is 16.7 Å². The van der Waals surface area contributed by atoms with Gasteiger partial charge in [0.1, 0.15) is 11.4 Å². The number of carboxylic acid groups (broad SMARTS) is 1. The van der Waals surface area contributed by atoms with Gasteiger partial charge in [-0.3, -0.25) is 19.4 Å². The molecule has 0 bridgehead atoms. The Bertz CT molecular complexity index is 2140. The minimum atomic E-state index is -1.38. The van der Waals surface area contributed by atoms with Gasteiger partial charge in [0.2, 0.25) is 0 Å². The normalized spacial score (nSPS) is 12.8. The van der Waals surface area contributed by atoms with Crippen LogP contribution in [0.4, 0.5) is 0 Å². The van der Waals surface area contributed by atoms with E-state index in [1.807, 2.05) is 86.6 Å². The Kier molecular flexibility index (Phi) is 17.1. The summed E-state index contributed by atoms with van der Waals surface area (Å²) >= 11 is 0. The highest BCUT2D eigenvalue weighted by molar-refractivity contribution is 5.95. The van der Waals surface area contributed by atoms with Crippen molar-refractivity contribution in [2.24, 2.45) is 17.6 Å². The van der Waals surface area contributed by atoms with Crippen LogP contribution in [0.3, 0.4) is 0 Å². The number of carbonyl (C=O) groups is 4. The third kappa shape index (κ3) is 14.0. The van der Waals surface area contributed by atoms with E-state index in [1.54, 1.807) is 13.8 Å². The fourth-order valence-electron chi connectivity index (χ4n) is 6.38. The van der Waals surface area contributed by atoms with Gasteiger partial charge < -0.3 is 25.6 Å². The number of carbonyl (C=O) groups excluding carboxylic acids is 3. The Morgan fingerprint density at radius 3 is 1.60 bits per heavy atom. The van der Waals surface area contributed by atoms with E-state index in [-0.39, 0.29) is 42.6 Å². The number of esters is 2. The molecule has 0 saturated heterocycles. The smallest absolute Gasteiger partial charge is 0.352 e. The zero-order valence-corrected chi connectivity index (χ0v) is 33.4. The van der Waals surface area contributed by atoms with E-state index in [0.29, 0.717) is 19.4 Å². The fraction of sp³-hybridized carbons (Fsp3) is 0.304. The third-order valence-electron chi connectivity index (χ3n) is 9.32. The lowest BCUT2D eigenvalue weighted by atomic mass is 9.94. The van der Waals surface area contributed by atoms with Crippen LogP contribution >= 0.6 is 0 Å². The monoisotopic (exact) mass is 788 g/mol. The van der Waals surface area contributed by atoms with Crippen LogP contribution in [-0.4, -0.2) is 64.2 Å². The molecular weight excluding hydrogens is 737 g/mol. The molecule has 5 rings (SSSR count). The van der Waals surface area contributed by atoms with Gasteiger partial charge in [-0.1, -0.05) is 123 Å². The van der Waals surface area contributed by atoms with Gasteiger partial charge in [-0.15, -0.1) is 0 Å². The molecular formula is C46H52N4O8. The Morgan fingerprint density at radius 2 is 1.14 bits per heavy atom. The topological polar surface area (TPSA) is 191 Å². The second kappa shape index (κ2) is 22.4. The molecule has 0 aliphatic heterocycles. The van der Waals surface area contributed by atoms with Gasteiger partial charge in [0.25, 0.3) is 5.91 Å². The third-order valence-corrected chi connectivity index (χ3v) is 9.32. The first kappa shape index (κ1) is 44.3. The minimum absolute atomic E-state index is 0.0445. The summed E-state index contributed by atoms with van der Waals surface area (Å²) in [4.78, 5) is 65.3. The van der Waals surface area contributed by atoms with Gasteiger partial charge in [0.05, 0.1) is 25.0 Å². The van der Waals surface area contributed by atoms with Crippen LogP contribution in [0.2, 0.25) is 0 Å². The van der Waals surface area contributed by atoms with Crippen LogP contribution in [-0.2, 0) is 31.9 Å². The Hall–Kier alpha value is -6.40. The Labute approximate surface area is 338 Å². The zero-order chi connectivity index (χ0) is 42.0. The molecule has 4 atom stereocenters. The first-order valence-electron chi connectivity index (χ1n) is 19.4. The quantitative estimate of drug-likeness (QED) is 0.0723.